The van der Waals surface area contributed by atoms with Crippen molar-refractivity contribution < 1.29 is 14.6 Å². The van der Waals surface area contributed by atoms with Crippen molar-refractivity contribution in [3.63, 3.8) is 0 Å². The lowest BCUT2D eigenvalue weighted by Crippen LogP contribution is -2.35. The summed E-state index contributed by atoms with van der Waals surface area (Å²) in [6.07, 6.45) is -1.52. The molecule has 2 heterocycles. The fourth-order valence-corrected chi connectivity index (χ4v) is 3.62. The zero-order valence-corrected chi connectivity index (χ0v) is 15.8. The summed E-state index contributed by atoms with van der Waals surface area (Å²) in [5, 5.41) is 25.0. The number of benzene rings is 1. The third kappa shape index (κ3) is 4.33. The summed E-state index contributed by atoms with van der Waals surface area (Å²) in [5.41, 5.74) is 8.47. The number of aromatic nitrogens is 2. The molecule has 1 amide bonds. The number of hydrogen-bond acceptors (Lipinski definition) is 8. The molecule has 5 N–H and O–H groups in total. The minimum absolute atomic E-state index is 0.283. The van der Waals surface area contributed by atoms with Gasteiger partial charge in [0.15, 0.2) is 0 Å². The molecule has 3 aromatic rings. The first-order chi connectivity index (χ1) is 13.0. The number of carbonyl (C=O) groups is 1. The number of ether oxygens (including phenoxy) is 1. The number of aliphatic hydroxyl groups excluding tert-OH is 1. The Balaban J connectivity index is 1.53. The summed E-state index contributed by atoms with van der Waals surface area (Å²) < 4.78 is 5.12. The van der Waals surface area contributed by atoms with Crippen molar-refractivity contribution in [2.45, 2.75) is 20.1 Å². The number of nitrogens with zero attached hydrogens (tertiary/aromatic N) is 2. The Morgan fingerprint density at radius 3 is 2.74 bits per heavy atom. The lowest BCUT2D eigenvalue weighted by atomic mass is 10.1. The molecule has 0 spiro atoms. The van der Waals surface area contributed by atoms with Crippen LogP contribution in [0.2, 0.25) is 0 Å². The molecule has 8 nitrogen and oxygen atoms in total. The maximum atomic E-state index is 11.7. The van der Waals surface area contributed by atoms with E-state index in [4.69, 9.17) is 10.5 Å². The van der Waals surface area contributed by atoms with Gasteiger partial charge in [0, 0.05) is 18.5 Å². The quantitative estimate of drug-likeness (QED) is 0.378. The molecule has 9 heteroatoms. The van der Waals surface area contributed by atoms with Gasteiger partial charge in [0.2, 0.25) is 0 Å². The van der Waals surface area contributed by atoms with Crippen LogP contribution in [0.15, 0.2) is 30.3 Å². The summed E-state index contributed by atoms with van der Waals surface area (Å²) in [7, 11) is 0. The van der Waals surface area contributed by atoms with Crippen LogP contribution in [-0.4, -0.2) is 34.5 Å². The molecule has 1 unspecified atom stereocenters. The van der Waals surface area contributed by atoms with Crippen LogP contribution in [0.5, 0.6) is 5.75 Å². The second kappa shape index (κ2) is 8.30. The number of thiophene rings is 1. The Morgan fingerprint density at radius 2 is 2.00 bits per heavy atom. The van der Waals surface area contributed by atoms with Crippen molar-refractivity contribution in [1.82, 2.24) is 20.8 Å². The third-order valence-corrected chi connectivity index (χ3v) is 5.24. The topological polar surface area (TPSA) is 122 Å². The van der Waals surface area contributed by atoms with Gasteiger partial charge in [0.05, 0.1) is 16.3 Å². The Morgan fingerprint density at radius 1 is 1.26 bits per heavy atom. The number of carbonyl (C=O) groups excluding carboxylic acids is 1. The van der Waals surface area contributed by atoms with E-state index in [0.29, 0.717) is 27.7 Å². The number of fused-ring (bicyclic) bond motifs is 1. The van der Waals surface area contributed by atoms with E-state index in [-0.39, 0.29) is 6.54 Å². The van der Waals surface area contributed by atoms with Crippen LogP contribution in [0.1, 0.15) is 22.4 Å². The fourth-order valence-electron chi connectivity index (χ4n) is 2.56. The van der Waals surface area contributed by atoms with Crippen molar-refractivity contribution in [3.8, 4) is 5.75 Å². The number of nitrogens with two attached hydrogens (primary N) is 1. The standard InChI is InChI=1S/C18H21N5O3S/c1-10-11(2)22-23-17-13(10)14(19)15(27-17)16(24)20-8-9-21-18(25)26-12-6-4-3-5-7-12/h3-7,16,20,24H,8-9,19H2,1-2H3,(H,21,25). The normalized spacial score (nSPS) is 12.1. The van der Waals surface area contributed by atoms with Gasteiger partial charge in [-0.25, -0.2) is 4.79 Å². The first-order valence-corrected chi connectivity index (χ1v) is 9.23. The number of nitrogens with one attached hydrogen (secondary N) is 2. The van der Waals surface area contributed by atoms with Crippen molar-refractivity contribution in [3.05, 3.63) is 46.5 Å². The summed E-state index contributed by atoms with van der Waals surface area (Å²) in [4.78, 5) is 13.0. The average Bonchev–Trinajstić information content (AvgIpc) is 3.00. The number of nitrogen functional groups attached to an aromatic ring is 1. The van der Waals surface area contributed by atoms with Gasteiger partial charge in [0.25, 0.3) is 0 Å². The highest BCUT2D eigenvalue weighted by Gasteiger charge is 2.19. The molecule has 0 aliphatic heterocycles. The molecule has 0 radical (unpaired) electrons. The summed E-state index contributed by atoms with van der Waals surface area (Å²) in [5.74, 6) is 0.466. The van der Waals surface area contributed by atoms with Gasteiger partial charge in [-0.1, -0.05) is 18.2 Å². The predicted molar refractivity (Wildman–Crippen MR) is 105 cm³/mol. The zero-order chi connectivity index (χ0) is 19.4. The van der Waals surface area contributed by atoms with Crippen LogP contribution in [0.3, 0.4) is 0 Å². The lowest BCUT2D eigenvalue weighted by Gasteiger charge is -2.12. The predicted octanol–water partition coefficient (Wildman–Crippen LogP) is 2.26. The van der Waals surface area contributed by atoms with Crippen molar-refractivity contribution in [1.29, 1.82) is 0 Å². The largest absolute Gasteiger partial charge is 0.412 e. The number of aliphatic hydroxyl groups is 1. The van der Waals surface area contributed by atoms with E-state index in [1.54, 1.807) is 24.3 Å². The number of aryl methyl sites for hydroxylation is 2. The van der Waals surface area contributed by atoms with Gasteiger partial charge in [-0.05, 0) is 31.5 Å². The first kappa shape index (κ1) is 19.0. The first-order valence-electron chi connectivity index (χ1n) is 8.41. The van der Waals surface area contributed by atoms with Gasteiger partial charge >= 0.3 is 6.09 Å². The number of hydrogen-bond donors (Lipinski definition) is 4. The second-order valence-corrected chi connectivity index (χ2v) is 6.99. The van der Waals surface area contributed by atoms with Crippen LogP contribution in [0.25, 0.3) is 10.2 Å². The molecule has 0 fully saturated rings. The average molecular weight is 387 g/mol. The molecular weight excluding hydrogens is 366 g/mol. The van der Waals surface area contributed by atoms with Crippen molar-refractivity contribution >= 4 is 33.3 Å². The number of para-hydroxylation sites is 1. The molecule has 3 rings (SSSR count). The van der Waals surface area contributed by atoms with E-state index >= 15 is 0 Å². The third-order valence-electron chi connectivity index (χ3n) is 4.10. The van der Waals surface area contributed by atoms with Crippen molar-refractivity contribution in [2.24, 2.45) is 0 Å². The molecule has 0 aliphatic carbocycles. The van der Waals surface area contributed by atoms with Crippen LogP contribution < -0.4 is 21.1 Å². The Kier molecular flexibility index (Phi) is 5.84. The minimum atomic E-state index is -0.962. The molecule has 0 saturated heterocycles. The molecule has 27 heavy (non-hydrogen) atoms. The molecule has 0 bridgehead atoms. The van der Waals surface area contributed by atoms with Crippen LogP contribution in [0, 0.1) is 13.8 Å². The highest BCUT2D eigenvalue weighted by atomic mass is 32.1. The summed E-state index contributed by atoms with van der Waals surface area (Å²) in [6, 6.07) is 8.79. The monoisotopic (exact) mass is 387 g/mol. The SMILES string of the molecule is Cc1nnc2sc(C(O)NCCNC(=O)Oc3ccccc3)c(N)c2c1C. The van der Waals surface area contributed by atoms with Crippen LogP contribution >= 0.6 is 11.3 Å². The van der Waals surface area contributed by atoms with Crippen LogP contribution in [0.4, 0.5) is 10.5 Å². The van der Waals surface area contributed by atoms with Gasteiger partial charge < -0.3 is 20.9 Å². The maximum Gasteiger partial charge on any atom is 0.412 e. The van der Waals surface area contributed by atoms with E-state index in [9.17, 15) is 9.90 Å². The van der Waals surface area contributed by atoms with Gasteiger partial charge in [-0.3, -0.25) is 5.32 Å². The van der Waals surface area contributed by atoms with Crippen molar-refractivity contribution in [2.75, 3.05) is 18.8 Å². The molecule has 1 aromatic carbocycles. The molecule has 0 saturated carbocycles. The maximum absolute atomic E-state index is 11.7. The lowest BCUT2D eigenvalue weighted by molar-refractivity contribution is 0.143. The summed E-state index contributed by atoms with van der Waals surface area (Å²) >= 11 is 1.30. The minimum Gasteiger partial charge on any atom is -0.410 e. The van der Waals surface area contributed by atoms with Crippen LogP contribution in [-0.2, 0) is 0 Å². The van der Waals surface area contributed by atoms with E-state index < -0.39 is 12.3 Å². The van der Waals surface area contributed by atoms with Gasteiger partial charge in [-0.2, -0.15) is 5.10 Å². The Bertz CT molecular complexity index is 945. The number of anilines is 1. The highest BCUT2D eigenvalue weighted by molar-refractivity contribution is 7.19. The molecule has 2 aromatic heterocycles. The number of amides is 1. The van der Waals surface area contributed by atoms with Gasteiger partial charge in [-0.15, -0.1) is 16.4 Å². The van der Waals surface area contributed by atoms with E-state index in [1.165, 1.54) is 11.3 Å². The smallest absolute Gasteiger partial charge is 0.410 e. The second-order valence-electron chi connectivity index (χ2n) is 5.96. The zero-order valence-electron chi connectivity index (χ0n) is 15.0. The van der Waals surface area contributed by atoms with E-state index in [0.717, 1.165) is 16.6 Å². The van der Waals surface area contributed by atoms with E-state index in [2.05, 4.69) is 20.8 Å². The molecule has 1 atom stereocenters. The number of rotatable bonds is 6. The Labute approximate surface area is 160 Å². The fraction of sp³-hybridized carbons (Fsp3) is 0.278. The van der Waals surface area contributed by atoms with E-state index in [1.807, 2.05) is 19.9 Å². The summed E-state index contributed by atoms with van der Waals surface area (Å²) in [6.45, 7) is 4.42. The Hall–Kier alpha value is -2.75. The van der Waals surface area contributed by atoms with Gasteiger partial charge in [0.1, 0.15) is 16.8 Å². The molecule has 142 valence electrons. The molecular formula is C18H21N5O3S. The molecule has 0 aliphatic rings. The highest BCUT2D eigenvalue weighted by Crippen LogP contribution is 2.37.